The molecule has 28 heavy (non-hydrogen) atoms. The number of hydrogen-bond donors (Lipinski definition) is 2. The van der Waals surface area contributed by atoms with E-state index >= 15 is 0 Å². The number of benzene rings is 2. The number of ketones is 1. The molecular formula is C23H28N3O2+. The molecule has 2 heterocycles. The van der Waals surface area contributed by atoms with E-state index in [0.29, 0.717) is 13.2 Å². The number of rotatable bonds is 6. The minimum atomic E-state index is 0.230. The summed E-state index contributed by atoms with van der Waals surface area (Å²) in [6.45, 7) is 8.98. The molecule has 1 aliphatic rings. The number of fused-ring (bicyclic) bond motifs is 1. The fourth-order valence-corrected chi connectivity index (χ4v) is 4.19. The number of piperazine rings is 1. The molecule has 1 aromatic heterocycles. The van der Waals surface area contributed by atoms with E-state index in [1.807, 2.05) is 50.2 Å². The lowest BCUT2D eigenvalue weighted by Gasteiger charge is -2.34. The molecule has 2 N–H and O–H groups in total. The van der Waals surface area contributed by atoms with Crippen molar-refractivity contribution in [3.63, 3.8) is 0 Å². The summed E-state index contributed by atoms with van der Waals surface area (Å²) in [7, 11) is 0. The number of aryl methyl sites for hydroxylation is 1. The number of hydrogen-bond acceptors (Lipinski definition) is 3. The SMILES string of the molecule is CCOc1ccccc1N1CC[NH+](CC(=O)c2c(C)[nH]c3ccccc23)CC1. The smallest absolute Gasteiger partial charge is 0.219 e. The van der Waals surface area contributed by atoms with E-state index in [1.165, 1.54) is 4.90 Å². The van der Waals surface area contributed by atoms with Crippen LogP contribution in [0.25, 0.3) is 10.9 Å². The predicted octanol–water partition coefficient (Wildman–Crippen LogP) is 2.46. The number of nitrogens with one attached hydrogen (secondary N) is 2. The second-order valence-electron chi connectivity index (χ2n) is 7.41. The van der Waals surface area contributed by atoms with Crippen LogP contribution in [0.15, 0.2) is 48.5 Å². The lowest BCUT2D eigenvalue weighted by molar-refractivity contribution is -0.892. The van der Waals surface area contributed by atoms with Crippen molar-refractivity contribution in [2.24, 2.45) is 0 Å². The molecule has 0 aliphatic carbocycles. The van der Waals surface area contributed by atoms with Crippen LogP contribution < -0.4 is 14.5 Å². The number of ether oxygens (including phenoxy) is 1. The fourth-order valence-electron chi connectivity index (χ4n) is 4.19. The van der Waals surface area contributed by atoms with Crippen molar-refractivity contribution in [1.82, 2.24) is 4.98 Å². The van der Waals surface area contributed by atoms with Crippen LogP contribution in [0.1, 0.15) is 23.0 Å². The number of para-hydroxylation sites is 3. The molecule has 0 unspecified atom stereocenters. The highest BCUT2D eigenvalue weighted by atomic mass is 16.5. The quantitative estimate of drug-likeness (QED) is 0.648. The second kappa shape index (κ2) is 8.07. The van der Waals surface area contributed by atoms with Gasteiger partial charge < -0.3 is 19.5 Å². The topological polar surface area (TPSA) is 49.8 Å². The van der Waals surface area contributed by atoms with E-state index in [4.69, 9.17) is 4.74 Å². The summed E-state index contributed by atoms with van der Waals surface area (Å²) < 4.78 is 5.78. The fraction of sp³-hybridized carbons (Fsp3) is 0.348. The Hall–Kier alpha value is -2.79. The number of H-pyrrole nitrogens is 1. The van der Waals surface area contributed by atoms with Crippen molar-refractivity contribution >= 4 is 22.4 Å². The van der Waals surface area contributed by atoms with Gasteiger partial charge in [-0.15, -0.1) is 0 Å². The molecule has 4 rings (SSSR count). The van der Waals surface area contributed by atoms with Crippen LogP contribution in [0.3, 0.4) is 0 Å². The molecule has 0 amide bonds. The first-order chi connectivity index (χ1) is 13.7. The van der Waals surface area contributed by atoms with Crippen LogP contribution in [0.2, 0.25) is 0 Å². The van der Waals surface area contributed by atoms with Crippen LogP contribution >= 0.6 is 0 Å². The summed E-state index contributed by atoms with van der Waals surface area (Å²) in [6, 6.07) is 16.3. The first kappa shape index (κ1) is 18.6. The van der Waals surface area contributed by atoms with Gasteiger partial charge in [-0.3, -0.25) is 4.79 Å². The molecule has 146 valence electrons. The van der Waals surface area contributed by atoms with E-state index in [-0.39, 0.29) is 5.78 Å². The number of Topliss-reactive ketones (excluding diaryl/α,β-unsaturated/α-hetero) is 1. The van der Waals surface area contributed by atoms with Gasteiger partial charge in [-0.1, -0.05) is 30.3 Å². The van der Waals surface area contributed by atoms with Crippen molar-refractivity contribution in [2.75, 3.05) is 44.2 Å². The monoisotopic (exact) mass is 378 g/mol. The molecule has 2 aromatic carbocycles. The van der Waals surface area contributed by atoms with Gasteiger partial charge in [-0.05, 0) is 32.0 Å². The normalized spacial score (nSPS) is 15.1. The standard InChI is InChI=1S/C23H27N3O2/c1-3-28-22-11-7-6-10-20(22)26-14-12-25(13-15-26)16-21(27)23-17(2)24-19-9-5-4-8-18(19)23/h4-11,24H,3,12-16H2,1-2H3/p+1. The number of anilines is 1. The van der Waals surface area contributed by atoms with Gasteiger partial charge in [0.05, 0.1) is 44.0 Å². The van der Waals surface area contributed by atoms with E-state index in [1.54, 1.807) is 0 Å². The molecule has 0 bridgehead atoms. The Morgan fingerprint density at radius 1 is 1.11 bits per heavy atom. The second-order valence-corrected chi connectivity index (χ2v) is 7.41. The highest BCUT2D eigenvalue weighted by molar-refractivity contribution is 6.09. The summed E-state index contributed by atoms with van der Waals surface area (Å²) in [6.07, 6.45) is 0. The highest BCUT2D eigenvalue weighted by Gasteiger charge is 2.26. The van der Waals surface area contributed by atoms with Gasteiger partial charge in [0.1, 0.15) is 12.3 Å². The Bertz CT molecular complexity index is 971. The molecule has 5 nitrogen and oxygen atoms in total. The lowest BCUT2D eigenvalue weighted by atomic mass is 10.1. The number of aromatic nitrogens is 1. The predicted molar refractivity (Wildman–Crippen MR) is 113 cm³/mol. The third kappa shape index (κ3) is 3.62. The molecule has 0 saturated carbocycles. The molecular weight excluding hydrogens is 350 g/mol. The van der Waals surface area contributed by atoms with E-state index in [2.05, 4.69) is 22.0 Å². The maximum Gasteiger partial charge on any atom is 0.219 e. The minimum absolute atomic E-state index is 0.230. The summed E-state index contributed by atoms with van der Waals surface area (Å²) in [4.78, 5) is 20.1. The van der Waals surface area contributed by atoms with Crippen LogP contribution in [0, 0.1) is 6.92 Å². The zero-order chi connectivity index (χ0) is 19.5. The van der Waals surface area contributed by atoms with E-state index in [9.17, 15) is 4.79 Å². The van der Waals surface area contributed by atoms with Crippen molar-refractivity contribution in [1.29, 1.82) is 0 Å². The lowest BCUT2D eigenvalue weighted by Crippen LogP contribution is -3.15. The van der Waals surface area contributed by atoms with Gasteiger partial charge in [0.2, 0.25) is 5.78 Å². The molecule has 1 saturated heterocycles. The number of carbonyl (C=O) groups excluding carboxylic acids is 1. The Balaban J connectivity index is 1.42. The van der Waals surface area contributed by atoms with Crippen molar-refractivity contribution < 1.29 is 14.4 Å². The number of quaternary nitrogens is 1. The van der Waals surface area contributed by atoms with Crippen LogP contribution in [0.4, 0.5) is 5.69 Å². The average molecular weight is 378 g/mol. The third-order valence-corrected chi connectivity index (χ3v) is 5.56. The maximum atomic E-state index is 13.0. The van der Waals surface area contributed by atoms with Crippen molar-refractivity contribution in [3.8, 4) is 5.75 Å². The number of nitrogens with zero attached hydrogens (tertiary/aromatic N) is 1. The maximum absolute atomic E-state index is 13.0. The van der Waals surface area contributed by atoms with Gasteiger partial charge in [-0.2, -0.15) is 0 Å². The van der Waals surface area contributed by atoms with E-state index < -0.39 is 0 Å². The number of aromatic amines is 1. The van der Waals surface area contributed by atoms with Gasteiger partial charge in [0.15, 0.2) is 0 Å². The van der Waals surface area contributed by atoms with Crippen LogP contribution in [0.5, 0.6) is 5.75 Å². The molecule has 0 spiro atoms. The zero-order valence-corrected chi connectivity index (χ0v) is 16.6. The Morgan fingerprint density at radius 3 is 2.61 bits per heavy atom. The van der Waals surface area contributed by atoms with Gasteiger partial charge >= 0.3 is 0 Å². The largest absolute Gasteiger partial charge is 0.492 e. The number of carbonyl (C=O) groups is 1. The Kier molecular flexibility index (Phi) is 5.35. The average Bonchev–Trinajstić information content (AvgIpc) is 3.05. The van der Waals surface area contributed by atoms with E-state index in [0.717, 1.165) is 59.8 Å². The summed E-state index contributed by atoms with van der Waals surface area (Å²) in [5.41, 5.74) is 4.01. The zero-order valence-electron chi connectivity index (χ0n) is 16.6. The van der Waals surface area contributed by atoms with Gasteiger partial charge in [-0.25, -0.2) is 0 Å². The molecule has 0 atom stereocenters. The van der Waals surface area contributed by atoms with Gasteiger partial charge in [0, 0.05) is 16.6 Å². The summed E-state index contributed by atoms with van der Waals surface area (Å²) in [5.74, 6) is 1.17. The molecule has 5 heteroatoms. The molecule has 3 aromatic rings. The molecule has 1 fully saturated rings. The van der Waals surface area contributed by atoms with Crippen molar-refractivity contribution in [2.45, 2.75) is 13.8 Å². The van der Waals surface area contributed by atoms with Crippen LogP contribution in [-0.4, -0.2) is 50.1 Å². The third-order valence-electron chi connectivity index (χ3n) is 5.56. The van der Waals surface area contributed by atoms with Gasteiger partial charge in [0.25, 0.3) is 0 Å². The van der Waals surface area contributed by atoms with Crippen LogP contribution in [-0.2, 0) is 0 Å². The highest BCUT2D eigenvalue weighted by Crippen LogP contribution is 2.28. The Morgan fingerprint density at radius 2 is 1.82 bits per heavy atom. The first-order valence-corrected chi connectivity index (χ1v) is 10.1. The summed E-state index contributed by atoms with van der Waals surface area (Å²) >= 11 is 0. The Labute approximate surface area is 165 Å². The first-order valence-electron chi connectivity index (χ1n) is 10.1. The molecule has 0 radical (unpaired) electrons. The summed E-state index contributed by atoms with van der Waals surface area (Å²) in [5, 5.41) is 1.04. The molecule has 1 aliphatic heterocycles. The van der Waals surface area contributed by atoms with Crippen molar-refractivity contribution in [3.05, 3.63) is 59.8 Å². The minimum Gasteiger partial charge on any atom is -0.492 e.